The van der Waals surface area contributed by atoms with Gasteiger partial charge in [0.05, 0.1) is 35.2 Å². The molecule has 32 heavy (non-hydrogen) atoms. The van der Waals surface area contributed by atoms with Crippen LogP contribution in [0.3, 0.4) is 0 Å². The number of rotatable bonds is 4. The monoisotopic (exact) mass is 524 g/mol. The average molecular weight is 526 g/mol. The number of hydrogen-bond acceptors (Lipinski definition) is 3. The minimum Gasteiger partial charge on any atom is -1.00 e. The van der Waals surface area contributed by atoms with Crippen LogP contribution >= 0.6 is 11.6 Å². The molecule has 0 aliphatic heterocycles. The first-order valence-corrected chi connectivity index (χ1v) is 10.0. The maximum atomic E-state index is 6.32. The molecule has 0 aliphatic rings. The zero-order valence-electron chi connectivity index (χ0n) is 19.0. The quantitative estimate of drug-likeness (QED) is 0.470. The number of hydrogen-bond donors (Lipinski definition) is 0. The van der Waals surface area contributed by atoms with Crippen LogP contribution in [-0.2, 0) is 18.6 Å². The summed E-state index contributed by atoms with van der Waals surface area (Å²) in [6.07, 6.45) is 3.52. The van der Waals surface area contributed by atoms with Gasteiger partial charge in [0.25, 0.3) is 0 Å². The third-order valence-corrected chi connectivity index (χ3v) is 4.97. The fraction of sp³-hybridized carbons (Fsp3) is 0.240. The van der Waals surface area contributed by atoms with Crippen LogP contribution in [0, 0.1) is 41.5 Å². The van der Waals surface area contributed by atoms with Gasteiger partial charge < -0.3 is 24.8 Å². The van der Waals surface area contributed by atoms with Gasteiger partial charge in [0.2, 0.25) is 0 Å². The van der Waals surface area contributed by atoms with Crippen LogP contribution in [0.5, 0.6) is 0 Å². The zero-order valence-corrected chi connectivity index (χ0v) is 22.7. The Bertz CT molecular complexity index is 1010. The van der Waals surface area contributed by atoms with E-state index < -0.39 is 0 Å². The Morgan fingerprint density at radius 2 is 0.938 bits per heavy atom. The third kappa shape index (κ3) is 7.76. The second kappa shape index (κ2) is 13.2. The summed E-state index contributed by atoms with van der Waals surface area (Å²) in [6, 6.07) is 12.2. The molecule has 1 aromatic heterocycles. The number of pyridine rings is 1. The van der Waals surface area contributed by atoms with E-state index in [1.165, 1.54) is 11.1 Å². The van der Waals surface area contributed by atoms with Crippen LogP contribution < -0.4 is 24.8 Å². The molecule has 0 fully saturated rings. The number of aromatic nitrogens is 1. The van der Waals surface area contributed by atoms with Gasteiger partial charge in [-0.25, -0.2) is 4.98 Å². The average Bonchev–Trinajstić information content (AvgIpc) is 2.59. The molecular weight excluding hydrogens is 500 g/mol. The van der Waals surface area contributed by atoms with Crippen LogP contribution in [0.4, 0.5) is 11.4 Å². The molecule has 0 N–H and O–H groups in total. The van der Waals surface area contributed by atoms with Gasteiger partial charge in [-0.3, -0.25) is 9.98 Å². The van der Waals surface area contributed by atoms with Crippen LogP contribution in [0.2, 0.25) is 5.02 Å². The van der Waals surface area contributed by atoms with Crippen molar-refractivity contribution in [2.75, 3.05) is 0 Å². The van der Waals surface area contributed by atoms with E-state index in [0.29, 0.717) is 16.4 Å². The predicted molar refractivity (Wildman–Crippen MR) is 125 cm³/mol. The maximum Gasteiger partial charge on any atom is 2.00 e. The molecule has 0 aliphatic carbocycles. The second-order valence-corrected chi connectivity index (χ2v) is 8.08. The first kappa shape index (κ1) is 30.4. The van der Waals surface area contributed by atoms with Crippen molar-refractivity contribution in [2.45, 2.75) is 41.5 Å². The minimum absolute atomic E-state index is 0. The Morgan fingerprint density at radius 3 is 1.25 bits per heavy atom. The fourth-order valence-electron chi connectivity index (χ4n) is 3.68. The third-order valence-electron chi connectivity index (χ3n) is 4.75. The van der Waals surface area contributed by atoms with Crippen molar-refractivity contribution >= 4 is 35.4 Å². The topological polar surface area (TPSA) is 37.6 Å². The van der Waals surface area contributed by atoms with Crippen LogP contribution in [0.15, 0.2) is 46.4 Å². The smallest absolute Gasteiger partial charge is 1.00 e. The summed E-state index contributed by atoms with van der Waals surface area (Å²) in [5, 5.41) is 0.609. The Morgan fingerprint density at radius 1 is 0.625 bits per heavy atom. The van der Waals surface area contributed by atoms with Crippen molar-refractivity contribution in [3.8, 4) is 0 Å². The van der Waals surface area contributed by atoms with E-state index in [4.69, 9.17) is 11.6 Å². The Kier molecular flexibility index (Phi) is 12.5. The predicted octanol–water partition coefficient (Wildman–Crippen LogP) is 1.09. The molecule has 0 unspecified atom stereocenters. The van der Waals surface area contributed by atoms with Crippen molar-refractivity contribution in [1.29, 1.82) is 0 Å². The summed E-state index contributed by atoms with van der Waals surface area (Å²) in [6.45, 7) is 12.5. The van der Waals surface area contributed by atoms with Crippen LogP contribution in [0.1, 0.15) is 44.8 Å². The van der Waals surface area contributed by atoms with E-state index >= 15 is 0 Å². The van der Waals surface area contributed by atoms with E-state index in [-0.39, 0.29) is 43.4 Å². The summed E-state index contributed by atoms with van der Waals surface area (Å²) in [5.41, 5.74) is 10.4. The summed E-state index contributed by atoms with van der Waals surface area (Å²) in [4.78, 5) is 14.0. The SMILES string of the molecule is Cc1cc(C)c(N=Cc2cc(Cl)cc(C=Nc3c(C)cc(C)cc3C)n2)c(C)c1.[Cl-].[Cl-].[V+2]. The van der Waals surface area contributed by atoms with Crippen molar-refractivity contribution in [3.05, 3.63) is 86.2 Å². The van der Waals surface area contributed by atoms with E-state index in [2.05, 4.69) is 80.8 Å². The van der Waals surface area contributed by atoms with E-state index in [1.807, 2.05) is 12.1 Å². The van der Waals surface area contributed by atoms with Gasteiger partial charge in [0, 0.05) is 5.02 Å². The molecule has 2 aromatic carbocycles. The van der Waals surface area contributed by atoms with Crippen LogP contribution in [0.25, 0.3) is 0 Å². The first-order valence-electron chi connectivity index (χ1n) is 9.64. The van der Waals surface area contributed by atoms with Crippen molar-refractivity contribution in [3.63, 3.8) is 0 Å². The van der Waals surface area contributed by atoms with E-state index in [0.717, 1.165) is 33.6 Å². The van der Waals surface area contributed by atoms with Crippen molar-refractivity contribution < 1.29 is 43.4 Å². The maximum absolute atomic E-state index is 6.32. The molecule has 1 heterocycles. The number of aliphatic imine (C=N–C) groups is 2. The number of halogens is 3. The Balaban J connectivity index is 0.00000320. The van der Waals surface area contributed by atoms with Gasteiger partial charge in [-0.05, 0) is 75.9 Å². The standard InChI is InChI=1S/C25H26ClN3.2ClH.V/c1-15-7-17(3)24(18(4)8-15)27-13-22-11-21(26)12-23(29-22)14-28-25-19(5)9-16(2)10-20(25)6;;;/h7-14H,1-6H3;2*1H;/q;;;+2/p-2. The summed E-state index contributed by atoms with van der Waals surface area (Å²) in [5.74, 6) is 0. The summed E-state index contributed by atoms with van der Waals surface area (Å²) >= 11 is 6.32. The molecule has 0 bridgehead atoms. The normalized spacial score (nSPS) is 10.6. The number of benzene rings is 2. The number of nitrogens with zero attached hydrogens (tertiary/aromatic N) is 3. The summed E-state index contributed by atoms with van der Waals surface area (Å²) < 4.78 is 0. The molecule has 167 valence electrons. The Labute approximate surface area is 220 Å². The first-order chi connectivity index (χ1) is 13.7. The van der Waals surface area contributed by atoms with Gasteiger partial charge in [-0.2, -0.15) is 0 Å². The minimum atomic E-state index is 0. The molecule has 0 atom stereocenters. The molecule has 7 heteroatoms. The molecular formula is C25H26Cl3N3V. The fourth-order valence-corrected chi connectivity index (χ4v) is 3.91. The Hall–Kier alpha value is -1.62. The summed E-state index contributed by atoms with van der Waals surface area (Å²) in [7, 11) is 0. The molecule has 1 radical (unpaired) electrons. The molecule has 0 spiro atoms. The molecule has 3 rings (SSSR count). The largest absolute Gasteiger partial charge is 2.00 e. The van der Waals surface area contributed by atoms with Gasteiger partial charge >= 0.3 is 18.6 Å². The van der Waals surface area contributed by atoms with Gasteiger partial charge in [-0.1, -0.05) is 47.0 Å². The van der Waals surface area contributed by atoms with Gasteiger partial charge in [0.15, 0.2) is 0 Å². The van der Waals surface area contributed by atoms with E-state index in [9.17, 15) is 0 Å². The van der Waals surface area contributed by atoms with Crippen molar-refractivity contribution in [1.82, 2.24) is 4.98 Å². The second-order valence-electron chi connectivity index (χ2n) is 7.65. The van der Waals surface area contributed by atoms with Gasteiger partial charge in [0.1, 0.15) is 0 Å². The molecule has 3 nitrogen and oxygen atoms in total. The van der Waals surface area contributed by atoms with Gasteiger partial charge in [-0.15, -0.1) is 0 Å². The van der Waals surface area contributed by atoms with Crippen LogP contribution in [-0.4, -0.2) is 17.4 Å². The molecule has 3 aromatic rings. The molecule has 0 saturated carbocycles. The zero-order chi connectivity index (χ0) is 21.1. The molecule has 0 amide bonds. The van der Waals surface area contributed by atoms with E-state index in [1.54, 1.807) is 12.4 Å². The van der Waals surface area contributed by atoms with Crippen molar-refractivity contribution in [2.24, 2.45) is 9.98 Å². The number of aryl methyl sites for hydroxylation is 6. The molecule has 0 saturated heterocycles.